The zero-order valence-corrected chi connectivity index (χ0v) is 29.9. The Hall–Kier alpha value is -3.35. The van der Waals surface area contributed by atoms with Crippen molar-refractivity contribution in [3.8, 4) is 5.75 Å². The number of carboxylic acids is 1. The number of piperidine rings is 1. The highest BCUT2D eigenvalue weighted by Gasteiger charge is 2.47. The number of carbonyl (C=O) groups is 2. The van der Waals surface area contributed by atoms with Gasteiger partial charge in [-0.2, -0.15) is 13.2 Å². The number of hydrogen-bond donors (Lipinski definition) is 1. The van der Waals surface area contributed by atoms with E-state index in [0.29, 0.717) is 70.4 Å². The summed E-state index contributed by atoms with van der Waals surface area (Å²) < 4.78 is 59.0. The molecule has 1 aliphatic carbocycles. The van der Waals surface area contributed by atoms with E-state index in [4.69, 9.17) is 14.2 Å². The molecule has 4 atom stereocenters. The van der Waals surface area contributed by atoms with Gasteiger partial charge in [0.25, 0.3) is 0 Å². The molecule has 3 aliphatic heterocycles. The summed E-state index contributed by atoms with van der Waals surface area (Å²) in [6, 6.07) is 12.1. The Morgan fingerprint density at radius 1 is 0.922 bits per heavy atom. The summed E-state index contributed by atoms with van der Waals surface area (Å²) in [5.41, 5.74) is 1.61. The van der Waals surface area contributed by atoms with Crippen LogP contribution < -0.4 is 9.64 Å². The molecule has 12 heteroatoms. The first-order chi connectivity index (χ1) is 24.5. The summed E-state index contributed by atoms with van der Waals surface area (Å²) >= 11 is 0. The van der Waals surface area contributed by atoms with E-state index < -0.39 is 23.6 Å². The third-order valence-electron chi connectivity index (χ3n) is 11.9. The van der Waals surface area contributed by atoms with Crippen LogP contribution in [0.3, 0.4) is 0 Å². The van der Waals surface area contributed by atoms with Crippen LogP contribution in [-0.4, -0.2) is 105 Å². The molecule has 2 aromatic carbocycles. The van der Waals surface area contributed by atoms with Crippen LogP contribution in [0.5, 0.6) is 5.75 Å². The Morgan fingerprint density at radius 3 is 2.24 bits per heavy atom. The molecule has 0 bridgehead atoms. The molecule has 9 nitrogen and oxygen atoms in total. The number of hydrogen-bond acceptors (Lipinski definition) is 7. The van der Waals surface area contributed by atoms with Crippen LogP contribution in [-0.2, 0) is 25.2 Å². The van der Waals surface area contributed by atoms with E-state index in [9.17, 15) is 27.9 Å². The number of alkyl halides is 3. The van der Waals surface area contributed by atoms with Gasteiger partial charge >= 0.3 is 12.1 Å². The number of carbonyl (C=O) groups excluding carboxylic acids is 1. The number of amides is 1. The molecule has 0 unspecified atom stereocenters. The highest BCUT2D eigenvalue weighted by atomic mass is 19.4. The first-order valence-electron chi connectivity index (χ1n) is 18.5. The second-order valence-corrected chi connectivity index (χ2v) is 14.7. The fraction of sp³-hybridized carbons (Fsp3) is 0.641. The third kappa shape index (κ3) is 8.33. The topological polar surface area (TPSA) is 91.8 Å². The fourth-order valence-corrected chi connectivity index (χ4v) is 8.96. The van der Waals surface area contributed by atoms with Gasteiger partial charge in [-0.05, 0) is 87.3 Å². The fourth-order valence-electron chi connectivity index (χ4n) is 8.96. The van der Waals surface area contributed by atoms with Crippen molar-refractivity contribution < 1.29 is 42.1 Å². The van der Waals surface area contributed by atoms with Crippen molar-refractivity contribution in [3.05, 3.63) is 59.2 Å². The molecule has 4 fully saturated rings. The Balaban J connectivity index is 1.28. The minimum atomic E-state index is -4.52. The van der Waals surface area contributed by atoms with Crippen molar-refractivity contribution in [1.29, 1.82) is 0 Å². The van der Waals surface area contributed by atoms with E-state index in [1.54, 1.807) is 20.3 Å². The van der Waals surface area contributed by atoms with E-state index >= 15 is 0 Å². The van der Waals surface area contributed by atoms with Crippen molar-refractivity contribution >= 4 is 17.6 Å². The molecular formula is C39H52F3N3O6. The molecule has 3 saturated heterocycles. The SMILES string of the molecule is CCOC[C@@H]1C[C@@H](c2ccc(C(F)(F)F)cc2N2CCC(C(=O)O)CC2)CN1C(=O)[C@@H]1CN([C@H]2CC[C@H](OC)CC2)C[C@H]1c1ccc(OC)cc1. The summed E-state index contributed by atoms with van der Waals surface area (Å²) in [5, 5.41) is 9.54. The van der Waals surface area contributed by atoms with Crippen LogP contribution in [0.25, 0.3) is 0 Å². The van der Waals surface area contributed by atoms with Crippen LogP contribution in [0, 0.1) is 11.8 Å². The molecule has 0 radical (unpaired) electrons. The lowest BCUT2D eigenvalue weighted by Gasteiger charge is -2.35. The first kappa shape index (κ1) is 37.4. The Labute approximate surface area is 299 Å². The van der Waals surface area contributed by atoms with Crippen molar-refractivity contribution in [2.75, 3.05) is 65.1 Å². The quantitative estimate of drug-likeness (QED) is 0.286. The van der Waals surface area contributed by atoms with Gasteiger partial charge in [-0.15, -0.1) is 0 Å². The number of likely N-dealkylation sites (tertiary alicyclic amines) is 2. The van der Waals surface area contributed by atoms with Gasteiger partial charge in [0.05, 0.1) is 43.3 Å². The Kier molecular flexibility index (Phi) is 11.8. The van der Waals surface area contributed by atoms with Gasteiger partial charge in [-0.25, -0.2) is 0 Å². The van der Waals surface area contributed by atoms with Crippen LogP contribution >= 0.6 is 0 Å². The standard InChI is InChI=1S/C39H52F3N3O6/c1-4-51-24-30-19-27(33-14-7-28(39(40,41)42)20-36(33)43-17-15-26(16-18-43)38(47)48)21-45(30)37(46)35-23-44(29-8-12-32(50-3)13-9-29)22-34(35)25-5-10-31(49-2)11-6-25/h5-7,10-11,14,20,26-27,29-30,32,34-35H,4,8-9,12-13,15-19,21-24H2,1-3H3,(H,47,48)/t27-,29-,30+,32-,34+,35-/m1/s1. The maximum atomic E-state index is 14.9. The zero-order chi connectivity index (χ0) is 36.3. The number of rotatable bonds is 11. The van der Waals surface area contributed by atoms with E-state index in [2.05, 4.69) is 17.0 Å². The van der Waals surface area contributed by atoms with Gasteiger partial charge in [0, 0.05) is 70.0 Å². The highest BCUT2D eigenvalue weighted by Crippen LogP contribution is 2.44. The van der Waals surface area contributed by atoms with E-state index in [1.807, 2.05) is 28.9 Å². The summed E-state index contributed by atoms with van der Waals surface area (Å²) in [7, 11) is 3.41. The molecular weight excluding hydrogens is 663 g/mol. The molecule has 6 rings (SSSR count). The lowest BCUT2D eigenvalue weighted by molar-refractivity contribution is -0.142. The second-order valence-electron chi connectivity index (χ2n) is 14.7. The number of methoxy groups -OCH3 is 2. The van der Waals surface area contributed by atoms with Crippen LogP contribution in [0.2, 0.25) is 0 Å². The predicted octanol–water partition coefficient (Wildman–Crippen LogP) is 6.41. The monoisotopic (exact) mass is 715 g/mol. The maximum absolute atomic E-state index is 14.9. The highest BCUT2D eigenvalue weighted by molar-refractivity contribution is 5.82. The number of nitrogens with zero attached hydrogens (tertiary/aromatic N) is 3. The van der Waals surface area contributed by atoms with Crippen LogP contribution in [0.1, 0.15) is 80.4 Å². The number of carboxylic acid groups (broad SMARTS) is 1. The molecule has 4 aliphatic rings. The zero-order valence-electron chi connectivity index (χ0n) is 29.9. The van der Waals surface area contributed by atoms with Gasteiger partial charge in [0.2, 0.25) is 5.91 Å². The van der Waals surface area contributed by atoms with Gasteiger partial charge in [0.15, 0.2) is 0 Å². The molecule has 0 spiro atoms. The summed E-state index contributed by atoms with van der Waals surface area (Å²) in [6.07, 6.45) is 1.10. The molecule has 2 aromatic rings. The molecule has 1 N–H and O–H groups in total. The minimum Gasteiger partial charge on any atom is -0.497 e. The second kappa shape index (κ2) is 16.1. The average Bonchev–Trinajstić information content (AvgIpc) is 3.79. The summed E-state index contributed by atoms with van der Waals surface area (Å²) in [6.45, 7) is 5.27. The van der Waals surface area contributed by atoms with Crippen LogP contribution in [0.15, 0.2) is 42.5 Å². The lowest BCUT2D eigenvalue weighted by Crippen LogP contribution is -2.44. The van der Waals surface area contributed by atoms with Crippen molar-refractivity contribution in [2.45, 2.75) is 88.1 Å². The van der Waals surface area contributed by atoms with Crippen LogP contribution in [0.4, 0.5) is 18.9 Å². The summed E-state index contributed by atoms with van der Waals surface area (Å²) in [4.78, 5) is 32.9. The smallest absolute Gasteiger partial charge is 0.416 e. The molecule has 1 amide bonds. The van der Waals surface area contributed by atoms with Gasteiger partial charge in [0.1, 0.15) is 5.75 Å². The molecule has 0 aromatic heterocycles. The van der Waals surface area contributed by atoms with E-state index in [1.165, 1.54) is 6.07 Å². The van der Waals surface area contributed by atoms with E-state index in [-0.39, 0.29) is 35.8 Å². The van der Waals surface area contributed by atoms with Gasteiger partial charge in [-0.1, -0.05) is 18.2 Å². The lowest BCUT2D eigenvalue weighted by atomic mass is 9.87. The van der Waals surface area contributed by atoms with E-state index in [0.717, 1.165) is 55.2 Å². The Bertz CT molecular complexity index is 1490. The van der Waals surface area contributed by atoms with Crippen molar-refractivity contribution in [1.82, 2.24) is 9.80 Å². The normalized spacial score (nSPS) is 28.0. The molecule has 51 heavy (non-hydrogen) atoms. The maximum Gasteiger partial charge on any atom is 0.416 e. The van der Waals surface area contributed by atoms with Gasteiger partial charge in [-0.3, -0.25) is 14.5 Å². The minimum absolute atomic E-state index is 0.0208. The van der Waals surface area contributed by atoms with Crippen molar-refractivity contribution in [3.63, 3.8) is 0 Å². The average molecular weight is 716 g/mol. The number of ether oxygens (including phenoxy) is 3. The molecule has 280 valence electrons. The Morgan fingerprint density at radius 2 is 1.63 bits per heavy atom. The first-order valence-corrected chi connectivity index (χ1v) is 18.5. The molecule has 3 heterocycles. The number of benzene rings is 2. The number of anilines is 1. The molecule has 1 saturated carbocycles. The summed E-state index contributed by atoms with van der Waals surface area (Å²) in [5.74, 6) is -1.07. The largest absolute Gasteiger partial charge is 0.497 e. The predicted molar refractivity (Wildman–Crippen MR) is 187 cm³/mol. The van der Waals surface area contributed by atoms with Crippen molar-refractivity contribution in [2.24, 2.45) is 11.8 Å². The number of halogens is 3. The third-order valence-corrected chi connectivity index (χ3v) is 11.9. The van der Waals surface area contributed by atoms with Gasteiger partial charge < -0.3 is 29.1 Å². The number of aliphatic carboxylic acids is 1.